The fraction of sp³-hybridized carbons (Fsp3) is 0.538. The van der Waals surface area contributed by atoms with E-state index in [0.29, 0.717) is 17.9 Å². The first-order chi connectivity index (χ1) is 7.96. The summed E-state index contributed by atoms with van der Waals surface area (Å²) < 4.78 is 0. The molecule has 1 aromatic heterocycles. The van der Waals surface area contributed by atoms with Gasteiger partial charge in [0.2, 0.25) is 0 Å². The van der Waals surface area contributed by atoms with Crippen molar-refractivity contribution in [1.82, 2.24) is 4.98 Å². The predicted molar refractivity (Wildman–Crippen MR) is 67.7 cm³/mol. The molecular weight excluding hydrogens is 214 g/mol. The third-order valence-corrected chi connectivity index (χ3v) is 2.52. The minimum Gasteiger partial charge on any atom is -0.388 e. The molecule has 0 aromatic carbocycles. The van der Waals surface area contributed by atoms with Crippen LogP contribution >= 0.6 is 0 Å². The van der Waals surface area contributed by atoms with Gasteiger partial charge >= 0.3 is 0 Å². The Kier molecular flexibility index (Phi) is 4.47. The first-order valence-corrected chi connectivity index (χ1v) is 5.82. The standard InChI is InChI=1S/C13H19N3O/c1-4-5-13(3,17)9-15-12-7-11(8-14)6-10(2)16-12/h6-7,17H,4-5,9H2,1-3H3,(H,15,16). The topological polar surface area (TPSA) is 68.9 Å². The summed E-state index contributed by atoms with van der Waals surface area (Å²) in [5, 5.41) is 21.9. The molecule has 0 fully saturated rings. The summed E-state index contributed by atoms with van der Waals surface area (Å²) in [4.78, 5) is 4.27. The van der Waals surface area contributed by atoms with Gasteiger partial charge in [-0.25, -0.2) is 4.98 Å². The van der Waals surface area contributed by atoms with Crippen molar-refractivity contribution in [2.24, 2.45) is 0 Å². The maximum Gasteiger partial charge on any atom is 0.127 e. The molecule has 0 bridgehead atoms. The monoisotopic (exact) mass is 233 g/mol. The van der Waals surface area contributed by atoms with Crippen molar-refractivity contribution in [3.8, 4) is 6.07 Å². The molecule has 4 heteroatoms. The Hall–Kier alpha value is -1.60. The van der Waals surface area contributed by atoms with Crippen molar-refractivity contribution in [2.45, 2.75) is 39.2 Å². The molecule has 0 saturated carbocycles. The van der Waals surface area contributed by atoms with Crippen LogP contribution in [0, 0.1) is 18.3 Å². The van der Waals surface area contributed by atoms with Gasteiger partial charge in [0.1, 0.15) is 5.82 Å². The van der Waals surface area contributed by atoms with E-state index in [4.69, 9.17) is 5.26 Å². The third-order valence-electron chi connectivity index (χ3n) is 2.52. The lowest BCUT2D eigenvalue weighted by Crippen LogP contribution is -2.33. The van der Waals surface area contributed by atoms with E-state index >= 15 is 0 Å². The molecule has 0 radical (unpaired) electrons. The highest BCUT2D eigenvalue weighted by Gasteiger charge is 2.18. The molecule has 1 atom stereocenters. The molecule has 1 aromatic rings. The van der Waals surface area contributed by atoms with E-state index in [1.165, 1.54) is 0 Å². The Balaban J connectivity index is 2.70. The van der Waals surface area contributed by atoms with E-state index in [-0.39, 0.29) is 0 Å². The number of hydrogen-bond donors (Lipinski definition) is 2. The van der Waals surface area contributed by atoms with Gasteiger partial charge in [0.25, 0.3) is 0 Å². The highest BCUT2D eigenvalue weighted by Crippen LogP contribution is 2.14. The zero-order valence-electron chi connectivity index (χ0n) is 10.6. The molecule has 92 valence electrons. The number of aryl methyl sites for hydroxylation is 1. The number of nitriles is 1. The molecule has 0 aliphatic heterocycles. The van der Waals surface area contributed by atoms with Gasteiger partial charge in [-0.3, -0.25) is 0 Å². The van der Waals surface area contributed by atoms with Crippen LogP contribution in [0.15, 0.2) is 12.1 Å². The van der Waals surface area contributed by atoms with Gasteiger partial charge < -0.3 is 10.4 Å². The second-order valence-electron chi connectivity index (χ2n) is 4.59. The van der Waals surface area contributed by atoms with E-state index in [1.54, 1.807) is 19.1 Å². The minimum atomic E-state index is -0.743. The number of aromatic nitrogens is 1. The van der Waals surface area contributed by atoms with Gasteiger partial charge in [-0.15, -0.1) is 0 Å². The minimum absolute atomic E-state index is 0.433. The summed E-state index contributed by atoms with van der Waals surface area (Å²) >= 11 is 0. The summed E-state index contributed by atoms with van der Waals surface area (Å²) in [5.74, 6) is 0.637. The number of nitrogens with zero attached hydrogens (tertiary/aromatic N) is 2. The molecule has 0 amide bonds. The number of anilines is 1. The maximum absolute atomic E-state index is 10.0. The normalized spacial score (nSPS) is 13.8. The average molecular weight is 233 g/mol. The van der Waals surface area contributed by atoms with Crippen LogP contribution < -0.4 is 5.32 Å². The lowest BCUT2D eigenvalue weighted by Gasteiger charge is -2.23. The first kappa shape index (κ1) is 13.5. The average Bonchev–Trinajstić information content (AvgIpc) is 2.26. The quantitative estimate of drug-likeness (QED) is 0.818. The fourth-order valence-corrected chi connectivity index (χ4v) is 1.73. The number of aliphatic hydroxyl groups is 1. The summed E-state index contributed by atoms with van der Waals surface area (Å²) in [6, 6.07) is 5.51. The summed E-state index contributed by atoms with van der Waals surface area (Å²) in [5.41, 5.74) is 0.629. The van der Waals surface area contributed by atoms with Crippen molar-refractivity contribution >= 4 is 5.82 Å². The second kappa shape index (κ2) is 5.65. The highest BCUT2D eigenvalue weighted by atomic mass is 16.3. The van der Waals surface area contributed by atoms with Crippen LogP contribution in [0.4, 0.5) is 5.82 Å². The van der Waals surface area contributed by atoms with Crippen molar-refractivity contribution < 1.29 is 5.11 Å². The van der Waals surface area contributed by atoms with Gasteiger partial charge in [-0.05, 0) is 32.4 Å². The van der Waals surface area contributed by atoms with Crippen molar-refractivity contribution in [3.63, 3.8) is 0 Å². The van der Waals surface area contributed by atoms with Gasteiger partial charge in [0.15, 0.2) is 0 Å². The third kappa shape index (κ3) is 4.41. The van der Waals surface area contributed by atoms with Crippen molar-refractivity contribution in [2.75, 3.05) is 11.9 Å². The van der Waals surface area contributed by atoms with E-state index < -0.39 is 5.60 Å². The Morgan fingerprint density at radius 2 is 2.24 bits per heavy atom. The molecule has 1 heterocycles. The number of nitrogens with one attached hydrogen (secondary N) is 1. The highest BCUT2D eigenvalue weighted by molar-refractivity contribution is 5.44. The van der Waals surface area contributed by atoms with Crippen LogP contribution in [0.5, 0.6) is 0 Å². The molecular formula is C13H19N3O. The van der Waals surface area contributed by atoms with E-state index in [1.807, 2.05) is 13.8 Å². The second-order valence-corrected chi connectivity index (χ2v) is 4.59. The SMILES string of the molecule is CCCC(C)(O)CNc1cc(C#N)cc(C)n1. The van der Waals surface area contributed by atoms with Gasteiger partial charge in [-0.2, -0.15) is 5.26 Å². The van der Waals surface area contributed by atoms with Crippen LogP contribution in [-0.2, 0) is 0 Å². The van der Waals surface area contributed by atoms with Crippen LogP contribution in [0.25, 0.3) is 0 Å². The van der Waals surface area contributed by atoms with Gasteiger partial charge in [0.05, 0.1) is 17.2 Å². The first-order valence-electron chi connectivity index (χ1n) is 5.82. The molecule has 0 aliphatic carbocycles. The molecule has 0 spiro atoms. The maximum atomic E-state index is 10.0. The molecule has 17 heavy (non-hydrogen) atoms. The Bertz CT molecular complexity index is 421. The van der Waals surface area contributed by atoms with E-state index in [2.05, 4.69) is 16.4 Å². The molecule has 1 unspecified atom stereocenters. The zero-order valence-corrected chi connectivity index (χ0v) is 10.6. The predicted octanol–water partition coefficient (Wildman–Crippen LogP) is 2.22. The molecule has 1 rings (SSSR count). The summed E-state index contributed by atoms with van der Waals surface area (Å²) in [6.45, 7) is 6.11. The largest absolute Gasteiger partial charge is 0.388 e. The smallest absolute Gasteiger partial charge is 0.127 e. The van der Waals surface area contributed by atoms with E-state index in [0.717, 1.165) is 18.5 Å². The summed E-state index contributed by atoms with van der Waals surface area (Å²) in [6.07, 6.45) is 1.66. The molecule has 2 N–H and O–H groups in total. The van der Waals surface area contributed by atoms with Crippen molar-refractivity contribution in [3.05, 3.63) is 23.4 Å². The van der Waals surface area contributed by atoms with Gasteiger partial charge in [-0.1, -0.05) is 13.3 Å². The number of pyridine rings is 1. The Morgan fingerprint density at radius 3 is 2.82 bits per heavy atom. The van der Waals surface area contributed by atoms with Crippen molar-refractivity contribution in [1.29, 1.82) is 5.26 Å². The lowest BCUT2D eigenvalue weighted by molar-refractivity contribution is 0.0636. The Morgan fingerprint density at radius 1 is 1.53 bits per heavy atom. The van der Waals surface area contributed by atoms with Crippen LogP contribution in [-0.4, -0.2) is 22.2 Å². The van der Waals surface area contributed by atoms with Crippen LogP contribution in [0.3, 0.4) is 0 Å². The molecule has 0 saturated heterocycles. The number of hydrogen-bond acceptors (Lipinski definition) is 4. The fourth-order valence-electron chi connectivity index (χ4n) is 1.73. The summed E-state index contributed by atoms with van der Waals surface area (Å²) in [7, 11) is 0. The number of rotatable bonds is 5. The van der Waals surface area contributed by atoms with E-state index in [9.17, 15) is 5.11 Å². The molecule has 4 nitrogen and oxygen atoms in total. The van der Waals surface area contributed by atoms with Crippen LogP contribution in [0.1, 0.15) is 37.9 Å². The lowest BCUT2D eigenvalue weighted by atomic mass is 10.0. The molecule has 0 aliphatic rings. The van der Waals surface area contributed by atoms with Crippen LogP contribution in [0.2, 0.25) is 0 Å². The Labute approximate surface area is 102 Å². The van der Waals surface area contributed by atoms with Gasteiger partial charge in [0, 0.05) is 12.2 Å². The zero-order chi connectivity index (χ0) is 12.9.